The molecule has 1 aromatic carbocycles. The molecule has 9 heteroatoms. The number of fused-ring (bicyclic) bond motifs is 1. The van der Waals surface area contributed by atoms with E-state index < -0.39 is 0 Å². The Hall–Kier alpha value is -3.01. The molecule has 4 heterocycles. The van der Waals surface area contributed by atoms with Crippen molar-refractivity contribution >= 4 is 33.0 Å². The quantitative estimate of drug-likeness (QED) is 0.401. The second-order valence-corrected chi connectivity index (χ2v) is 9.40. The number of H-pyrrole nitrogens is 1. The number of aromatic amines is 1. The summed E-state index contributed by atoms with van der Waals surface area (Å²) in [6.45, 7) is 8.92. The first kappa shape index (κ1) is 22.8. The Morgan fingerprint density at radius 3 is 2.85 bits per heavy atom. The number of carbonyl (C=O) groups excluding carboxylic acids is 1. The minimum absolute atomic E-state index is 0.0632. The van der Waals surface area contributed by atoms with Crippen LogP contribution in [0.25, 0.3) is 28.2 Å². The number of aryl methyl sites for hydroxylation is 1. The van der Waals surface area contributed by atoms with Crippen LogP contribution in [0, 0.1) is 13.8 Å². The zero-order chi connectivity index (χ0) is 23.7. The average molecular weight is 523 g/mol. The molecule has 0 bridgehead atoms. The number of imidazole rings is 1. The van der Waals surface area contributed by atoms with Gasteiger partial charge in [0.25, 0.3) is 5.91 Å². The minimum atomic E-state index is -0.0632. The van der Waals surface area contributed by atoms with Crippen LogP contribution in [0.15, 0.2) is 47.1 Å². The zero-order valence-electron chi connectivity index (χ0n) is 19.3. The molecule has 3 aromatic heterocycles. The van der Waals surface area contributed by atoms with Crippen molar-refractivity contribution in [3.8, 4) is 17.1 Å². The van der Waals surface area contributed by atoms with E-state index in [1.54, 1.807) is 6.20 Å². The predicted octanol–water partition coefficient (Wildman–Crippen LogP) is 3.86. The standard InChI is InChI=1S/C25H27BrN6O2/c1-16-12-21(23-29-22-14-19(26)15-28-24(22)30-23)17(2)32(16)20-5-3-4-18(13-20)25(33)27-6-7-31-8-10-34-11-9-31/h3-5,12-15H,6-11H2,1-2H3,(H,27,33)(H,28,29,30). The topological polar surface area (TPSA) is 88.1 Å². The van der Waals surface area contributed by atoms with Crippen LogP contribution in [0.3, 0.4) is 0 Å². The third-order valence-corrected chi connectivity index (χ3v) is 6.61. The predicted molar refractivity (Wildman–Crippen MR) is 135 cm³/mol. The number of hydrogen-bond donors (Lipinski definition) is 2. The van der Waals surface area contributed by atoms with Crippen molar-refractivity contribution in [1.29, 1.82) is 0 Å². The van der Waals surface area contributed by atoms with Crippen LogP contribution in [0.1, 0.15) is 21.7 Å². The van der Waals surface area contributed by atoms with E-state index in [-0.39, 0.29) is 5.91 Å². The van der Waals surface area contributed by atoms with Crippen molar-refractivity contribution in [3.05, 3.63) is 64.0 Å². The van der Waals surface area contributed by atoms with Crippen molar-refractivity contribution in [3.63, 3.8) is 0 Å². The smallest absolute Gasteiger partial charge is 0.251 e. The highest BCUT2D eigenvalue weighted by Crippen LogP contribution is 2.29. The van der Waals surface area contributed by atoms with Crippen molar-refractivity contribution in [2.75, 3.05) is 39.4 Å². The number of nitrogens with one attached hydrogen (secondary N) is 2. The van der Waals surface area contributed by atoms with E-state index in [1.807, 2.05) is 30.3 Å². The minimum Gasteiger partial charge on any atom is -0.379 e. The molecule has 4 aromatic rings. The third kappa shape index (κ3) is 4.64. The Morgan fingerprint density at radius 2 is 2.03 bits per heavy atom. The number of carbonyl (C=O) groups is 1. The molecule has 1 aliphatic heterocycles. The van der Waals surface area contributed by atoms with Crippen LogP contribution in [0.5, 0.6) is 0 Å². The molecule has 8 nitrogen and oxygen atoms in total. The largest absolute Gasteiger partial charge is 0.379 e. The van der Waals surface area contributed by atoms with E-state index in [2.05, 4.69) is 60.6 Å². The number of rotatable bonds is 6. The Bertz CT molecular complexity index is 1340. The number of benzene rings is 1. The van der Waals surface area contributed by atoms with Crippen LogP contribution in [-0.2, 0) is 4.74 Å². The molecular weight excluding hydrogens is 496 g/mol. The Kier molecular flexibility index (Phi) is 6.49. The highest BCUT2D eigenvalue weighted by molar-refractivity contribution is 9.10. The van der Waals surface area contributed by atoms with E-state index in [9.17, 15) is 4.79 Å². The van der Waals surface area contributed by atoms with Crippen molar-refractivity contribution in [2.24, 2.45) is 0 Å². The molecule has 0 spiro atoms. The van der Waals surface area contributed by atoms with E-state index in [4.69, 9.17) is 9.72 Å². The summed E-state index contributed by atoms with van der Waals surface area (Å²) in [6.07, 6.45) is 1.76. The molecule has 2 N–H and O–H groups in total. The van der Waals surface area contributed by atoms with Crippen molar-refractivity contribution < 1.29 is 9.53 Å². The fourth-order valence-corrected chi connectivity index (χ4v) is 4.76. The number of halogens is 1. The van der Waals surface area contributed by atoms with Crippen LogP contribution in [-0.4, -0.2) is 69.7 Å². The first-order chi connectivity index (χ1) is 16.5. The molecule has 0 aliphatic carbocycles. The van der Waals surface area contributed by atoms with Gasteiger partial charge in [-0.1, -0.05) is 6.07 Å². The molecule has 0 radical (unpaired) electrons. The van der Waals surface area contributed by atoms with Crippen LogP contribution in [0.4, 0.5) is 0 Å². The molecule has 1 saturated heterocycles. The normalized spacial score (nSPS) is 14.6. The lowest BCUT2D eigenvalue weighted by Gasteiger charge is -2.26. The van der Waals surface area contributed by atoms with Gasteiger partial charge in [-0.05, 0) is 60.1 Å². The maximum Gasteiger partial charge on any atom is 0.251 e. The van der Waals surface area contributed by atoms with Crippen molar-refractivity contribution in [1.82, 2.24) is 29.7 Å². The number of hydrogen-bond acceptors (Lipinski definition) is 5. The van der Waals surface area contributed by atoms with Crippen LogP contribution in [0.2, 0.25) is 0 Å². The number of amides is 1. The number of aromatic nitrogens is 4. The van der Waals surface area contributed by atoms with Gasteiger partial charge in [-0.2, -0.15) is 0 Å². The molecular formula is C25H27BrN6O2. The first-order valence-electron chi connectivity index (χ1n) is 11.4. The molecule has 1 aliphatic rings. The molecule has 1 fully saturated rings. The summed E-state index contributed by atoms with van der Waals surface area (Å²) in [5, 5.41) is 3.05. The second-order valence-electron chi connectivity index (χ2n) is 8.49. The van der Waals surface area contributed by atoms with Gasteiger partial charge in [0.05, 0.1) is 13.2 Å². The fourth-order valence-electron chi connectivity index (χ4n) is 4.44. The molecule has 0 atom stereocenters. The van der Waals surface area contributed by atoms with E-state index in [1.165, 1.54) is 0 Å². The Morgan fingerprint density at radius 1 is 1.21 bits per heavy atom. The van der Waals surface area contributed by atoms with Crippen molar-refractivity contribution in [2.45, 2.75) is 13.8 Å². The number of morpholine rings is 1. The molecule has 0 unspecified atom stereocenters. The molecule has 34 heavy (non-hydrogen) atoms. The van der Waals surface area contributed by atoms with E-state index in [0.717, 1.165) is 76.9 Å². The summed E-state index contributed by atoms with van der Waals surface area (Å²) in [4.78, 5) is 27.6. The van der Waals surface area contributed by atoms with Gasteiger partial charge in [0.1, 0.15) is 11.3 Å². The van der Waals surface area contributed by atoms with Gasteiger partial charge in [0.15, 0.2) is 5.65 Å². The second kappa shape index (κ2) is 9.69. The Labute approximate surface area is 206 Å². The zero-order valence-corrected chi connectivity index (χ0v) is 20.9. The van der Waals surface area contributed by atoms with Gasteiger partial charge >= 0.3 is 0 Å². The highest BCUT2D eigenvalue weighted by atomic mass is 79.9. The maximum atomic E-state index is 12.8. The summed E-state index contributed by atoms with van der Waals surface area (Å²) >= 11 is 3.45. The number of pyridine rings is 1. The fraction of sp³-hybridized carbons (Fsp3) is 0.320. The first-order valence-corrected chi connectivity index (χ1v) is 12.2. The molecule has 1 amide bonds. The van der Waals surface area contributed by atoms with E-state index in [0.29, 0.717) is 12.1 Å². The SMILES string of the molecule is Cc1cc(-c2nc3cc(Br)cnc3[nH]2)c(C)n1-c1cccc(C(=O)NCCN2CCOCC2)c1. The lowest BCUT2D eigenvalue weighted by Crippen LogP contribution is -2.41. The van der Waals surface area contributed by atoms with Gasteiger partial charge < -0.3 is 19.6 Å². The van der Waals surface area contributed by atoms with Gasteiger partial charge in [-0.15, -0.1) is 0 Å². The molecule has 0 saturated carbocycles. The lowest BCUT2D eigenvalue weighted by atomic mass is 10.1. The number of ether oxygens (including phenoxy) is 1. The van der Waals surface area contributed by atoms with Crippen LogP contribution >= 0.6 is 15.9 Å². The summed E-state index contributed by atoms with van der Waals surface area (Å²) in [5.74, 6) is 0.712. The number of nitrogens with zero attached hydrogens (tertiary/aromatic N) is 4. The summed E-state index contributed by atoms with van der Waals surface area (Å²) in [5.41, 5.74) is 6.26. The summed E-state index contributed by atoms with van der Waals surface area (Å²) < 4.78 is 8.42. The molecule has 5 rings (SSSR count). The van der Waals surface area contributed by atoms with Crippen LogP contribution < -0.4 is 5.32 Å². The lowest BCUT2D eigenvalue weighted by molar-refractivity contribution is 0.0383. The highest BCUT2D eigenvalue weighted by Gasteiger charge is 2.17. The maximum absolute atomic E-state index is 12.8. The monoisotopic (exact) mass is 522 g/mol. The average Bonchev–Trinajstić information content (AvgIpc) is 3.39. The van der Waals surface area contributed by atoms with Gasteiger partial charge in [-0.25, -0.2) is 9.97 Å². The Balaban J connectivity index is 1.36. The van der Waals surface area contributed by atoms with Gasteiger partial charge in [-0.3, -0.25) is 9.69 Å². The van der Waals surface area contributed by atoms with Gasteiger partial charge in [0.2, 0.25) is 0 Å². The third-order valence-electron chi connectivity index (χ3n) is 6.17. The summed E-state index contributed by atoms with van der Waals surface area (Å²) in [7, 11) is 0. The molecule has 176 valence electrons. The van der Waals surface area contributed by atoms with E-state index >= 15 is 0 Å². The van der Waals surface area contributed by atoms with Gasteiger partial charge in [0, 0.05) is 65.1 Å². The summed E-state index contributed by atoms with van der Waals surface area (Å²) in [6, 6.07) is 11.8.